The largest absolute Gasteiger partial charge is 0.351 e. The normalized spacial score (nSPS) is 11.5. The fraction of sp³-hybridized carbons (Fsp3) is 0.583. The second-order valence-electron chi connectivity index (χ2n) is 4.30. The van der Waals surface area contributed by atoms with E-state index in [9.17, 15) is 13.2 Å². The lowest BCUT2D eigenvalue weighted by Crippen LogP contribution is -2.26. The molecule has 1 N–H and O–H groups in total. The monoisotopic (exact) mass is 306 g/mol. The van der Waals surface area contributed by atoms with E-state index in [1.807, 2.05) is 13.8 Å². The molecule has 19 heavy (non-hydrogen) atoms. The highest BCUT2D eigenvalue weighted by Crippen LogP contribution is 2.19. The van der Waals surface area contributed by atoms with Crippen molar-refractivity contribution in [2.45, 2.75) is 44.6 Å². The minimum atomic E-state index is -3.81. The first-order valence-electron chi connectivity index (χ1n) is 6.33. The number of carbonyl (C=O) groups is 1. The molecule has 0 unspecified atom stereocenters. The van der Waals surface area contributed by atoms with Gasteiger partial charge in [-0.25, -0.2) is 8.42 Å². The number of hydrogen-bond acceptors (Lipinski definition) is 3. The first kappa shape index (κ1) is 16.0. The molecule has 0 saturated heterocycles. The molecule has 0 fully saturated rings. The smallest absolute Gasteiger partial charge is 0.267 e. The second-order valence-corrected chi connectivity index (χ2v) is 6.87. The summed E-state index contributed by atoms with van der Waals surface area (Å²) in [6.45, 7) is 5.14. The molecule has 0 saturated carbocycles. The highest BCUT2D eigenvalue weighted by atomic mass is 35.7. The molecule has 0 aliphatic rings. The van der Waals surface area contributed by atoms with Crippen LogP contribution in [-0.4, -0.2) is 25.4 Å². The van der Waals surface area contributed by atoms with Crippen molar-refractivity contribution in [3.8, 4) is 0 Å². The van der Waals surface area contributed by atoms with Crippen LogP contribution in [0.1, 0.15) is 43.6 Å². The third-order valence-electron chi connectivity index (χ3n) is 2.67. The van der Waals surface area contributed by atoms with Crippen molar-refractivity contribution in [2.24, 2.45) is 0 Å². The van der Waals surface area contributed by atoms with Crippen LogP contribution in [-0.2, 0) is 15.6 Å². The predicted octanol–water partition coefficient (Wildman–Crippen LogP) is 2.36. The van der Waals surface area contributed by atoms with Gasteiger partial charge in [-0.05, 0) is 18.9 Å². The molecule has 1 amide bonds. The van der Waals surface area contributed by atoms with Gasteiger partial charge in [0.15, 0.2) is 0 Å². The first-order valence-corrected chi connectivity index (χ1v) is 8.64. The lowest BCUT2D eigenvalue weighted by Gasteiger charge is -2.07. The molecular weight excluding hydrogens is 288 g/mol. The van der Waals surface area contributed by atoms with Crippen molar-refractivity contribution < 1.29 is 13.2 Å². The quantitative estimate of drug-likeness (QED) is 0.621. The average molecular weight is 307 g/mol. The van der Waals surface area contributed by atoms with Gasteiger partial charge in [0.05, 0.1) is 0 Å². The lowest BCUT2D eigenvalue weighted by atomic mass is 10.3. The molecule has 7 heteroatoms. The van der Waals surface area contributed by atoms with Gasteiger partial charge in [0.2, 0.25) is 0 Å². The molecule has 0 atom stereocenters. The summed E-state index contributed by atoms with van der Waals surface area (Å²) in [4.78, 5) is 11.9. The summed E-state index contributed by atoms with van der Waals surface area (Å²) >= 11 is 0. The third kappa shape index (κ3) is 4.54. The third-order valence-corrected chi connectivity index (χ3v) is 3.99. The molecule has 0 aliphatic carbocycles. The number of amides is 1. The van der Waals surface area contributed by atoms with E-state index in [0.717, 1.165) is 19.3 Å². The molecule has 1 heterocycles. The Labute approximate surface area is 118 Å². The van der Waals surface area contributed by atoms with Crippen LogP contribution in [0.25, 0.3) is 0 Å². The number of halogens is 1. The maximum Gasteiger partial charge on any atom is 0.267 e. The van der Waals surface area contributed by atoms with Crippen molar-refractivity contribution in [3.63, 3.8) is 0 Å². The van der Waals surface area contributed by atoms with Crippen LogP contribution >= 0.6 is 10.7 Å². The maximum absolute atomic E-state index is 12.0. The average Bonchev–Trinajstić information content (AvgIpc) is 2.73. The maximum atomic E-state index is 12.0. The molecule has 1 aromatic heterocycles. The van der Waals surface area contributed by atoms with Gasteiger partial charge in [-0.3, -0.25) is 4.79 Å². The van der Waals surface area contributed by atoms with Crippen molar-refractivity contribution >= 4 is 25.6 Å². The second kappa shape index (κ2) is 6.96. The zero-order chi connectivity index (χ0) is 14.5. The molecule has 0 radical (unpaired) electrons. The van der Waals surface area contributed by atoms with Crippen LogP contribution in [0.2, 0.25) is 0 Å². The molecule has 108 valence electrons. The summed E-state index contributed by atoms with van der Waals surface area (Å²) in [6, 6.07) is 1.32. The van der Waals surface area contributed by atoms with E-state index < -0.39 is 9.05 Å². The van der Waals surface area contributed by atoms with Gasteiger partial charge in [0.25, 0.3) is 15.0 Å². The van der Waals surface area contributed by atoms with Crippen molar-refractivity contribution in [1.82, 2.24) is 9.88 Å². The molecule has 5 nitrogen and oxygen atoms in total. The van der Waals surface area contributed by atoms with Crippen LogP contribution in [0.15, 0.2) is 17.2 Å². The molecule has 0 aromatic carbocycles. The Balaban J connectivity index is 2.97. The standard InChI is InChI=1S/C12H19ClN2O3S/c1-3-5-6-14-12(16)11-8-10(19(13,17)18)9-15(11)7-4-2/h8-9H,3-7H2,1-2H3,(H,14,16). The Bertz CT molecular complexity index is 537. The topological polar surface area (TPSA) is 68.2 Å². The number of hydrogen-bond donors (Lipinski definition) is 1. The summed E-state index contributed by atoms with van der Waals surface area (Å²) in [5.74, 6) is -0.270. The van der Waals surface area contributed by atoms with Crippen molar-refractivity contribution in [1.29, 1.82) is 0 Å². The Morgan fingerprint density at radius 2 is 2.05 bits per heavy atom. The van der Waals surface area contributed by atoms with E-state index in [1.54, 1.807) is 4.57 Å². The highest BCUT2D eigenvalue weighted by molar-refractivity contribution is 8.13. The Morgan fingerprint density at radius 1 is 1.37 bits per heavy atom. The highest BCUT2D eigenvalue weighted by Gasteiger charge is 2.19. The molecule has 0 spiro atoms. The Kier molecular flexibility index (Phi) is 5.87. The number of carbonyl (C=O) groups excluding carboxylic acids is 1. The summed E-state index contributed by atoms with van der Waals surface area (Å²) in [5, 5.41) is 2.77. The lowest BCUT2D eigenvalue weighted by molar-refractivity contribution is 0.0943. The van der Waals surface area contributed by atoms with Crippen LogP contribution in [0.3, 0.4) is 0 Å². The fourth-order valence-corrected chi connectivity index (χ4v) is 2.46. The molecule has 0 aliphatic heterocycles. The first-order chi connectivity index (χ1) is 8.90. The fourth-order valence-electron chi connectivity index (χ4n) is 1.70. The molecular formula is C12H19ClN2O3S. The van der Waals surface area contributed by atoms with Gasteiger partial charge < -0.3 is 9.88 Å². The Hall–Kier alpha value is -1.01. The molecule has 0 bridgehead atoms. The van der Waals surface area contributed by atoms with Gasteiger partial charge in [0, 0.05) is 30.0 Å². The van der Waals surface area contributed by atoms with E-state index in [1.165, 1.54) is 12.3 Å². The van der Waals surface area contributed by atoms with Gasteiger partial charge in [0.1, 0.15) is 10.6 Å². The summed E-state index contributed by atoms with van der Waals surface area (Å²) < 4.78 is 24.2. The Morgan fingerprint density at radius 3 is 2.58 bits per heavy atom. The molecule has 1 aromatic rings. The van der Waals surface area contributed by atoms with Crippen LogP contribution in [0.4, 0.5) is 0 Å². The number of aromatic nitrogens is 1. The number of nitrogens with one attached hydrogen (secondary N) is 1. The van der Waals surface area contributed by atoms with Crippen molar-refractivity contribution in [2.75, 3.05) is 6.54 Å². The van der Waals surface area contributed by atoms with Gasteiger partial charge >= 0.3 is 0 Å². The zero-order valence-corrected chi connectivity index (χ0v) is 12.7. The summed E-state index contributed by atoms with van der Waals surface area (Å²) in [6.07, 6.45) is 4.07. The minimum absolute atomic E-state index is 0.0386. The van der Waals surface area contributed by atoms with E-state index >= 15 is 0 Å². The number of nitrogens with zero attached hydrogens (tertiary/aromatic N) is 1. The number of unbranched alkanes of at least 4 members (excludes halogenated alkanes) is 1. The summed E-state index contributed by atoms with van der Waals surface area (Å²) in [5.41, 5.74) is 0.331. The number of rotatable bonds is 7. The van der Waals surface area contributed by atoms with Gasteiger partial charge in [-0.15, -0.1) is 0 Å². The van der Waals surface area contributed by atoms with Crippen LogP contribution in [0.5, 0.6) is 0 Å². The number of aryl methyl sites for hydroxylation is 1. The van der Waals surface area contributed by atoms with Crippen molar-refractivity contribution in [3.05, 3.63) is 18.0 Å². The van der Waals surface area contributed by atoms with Crippen LogP contribution in [0, 0.1) is 0 Å². The summed E-state index contributed by atoms with van der Waals surface area (Å²) in [7, 11) is 1.49. The predicted molar refractivity (Wildman–Crippen MR) is 75.0 cm³/mol. The van der Waals surface area contributed by atoms with Crippen LogP contribution < -0.4 is 5.32 Å². The van der Waals surface area contributed by atoms with Gasteiger partial charge in [-0.2, -0.15) is 0 Å². The van der Waals surface area contributed by atoms with E-state index in [4.69, 9.17) is 10.7 Å². The van der Waals surface area contributed by atoms with E-state index in [-0.39, 0.29) is 10.8 Å². The van der Waals surface area contributed by atoms with Gasteiger partial charge in [-0.1, -0.05) is 20.3 Å². The minimum Gasteiger partial charge on any atom is -0.351 e. The SMILES string of the molecule is CCCCNC(=O)c1cc(S(=O)(=O)Cl)cn1CCC. The molecule has 1 rings (SSSR count). The van der Waals surface area contributed by atoms with E-state index in [0.29, 0.717) is 18.8 Å². The van der Waals surface area contributed by atoms with E-state index in [2.05, 4.69) is 5.32 Å². The zero-order valence-electron chi connectivity index (χ0n) is 11.1.